The number of esters is 1. The maximum absolute atomic E-state index is 11.2. The van der Waals surface area contributed by atoms with Gasteiger partial charge in [-0.2, -0.15) is 0 Å². The van der Waals surface area contributed by atoms with Gasteiger partial charge in [0.05, 0.1) is 31.1 Å². The second kappa shape index (κ2) is 7.83. The molecule has 0 bridgehead atoms. The molecule has 0 aliphatic rings. The van der Waals surface area contributed by atoms with E-state index in [2.05, 4.69) is 9.72 Å². The van der Waals surface area contributed by atoms with Crippen LogP contribution in [0.1, 0.15) is 16.1 Å². The Morgan fingerprint density at radius 1 is 1.47 bits per heavy atom. The number of aliphatic hydroxyl groups excluding tert-OH is 1. The third-order valence-electron chi connectivity index (χ3n) is 2.56. The summed E-state index contributed by atoms with van der Waals surface area (Å²) in [7, 11) is 4.77. The summed E-state index contributed by atoms with van der Waals surface area (Å²) < 4.78 is 9.47. The Morgan fingerprint density at radius 3 is 2.74 bits per heavy atom. The first-order valence-electron chi connectivity index (χ1n) is 5.95. The molecule has 0 aromatic carbocycles. The smallest absolute Gasteiger partial charge is 0.339 e. The van der Waals surface area contributed by atoms with Crippen molar-refractivity contribution in [1.29, 1.82) is 0 Å². The topological polar surface area (TPSA) is 71.9 Å². The number of pyridine rings is 1. The molecule has 0 radical (unpaired) electrons. The fourth-order valence-electron chi connectivity index (χ4n) is 1.70. The highest BCUT2D eigenvalue weighted by atomic mass is 16.5. The third kappa shape index (κ3) is 5.34. The second-order valence-corrected chi connectivity index (χ2v) is 4.34. The van der Waals surface area contributed by atoms with E-state index in [0.29, 0.717) is 25.3 Å². The molecule has 6 heteroatoms. The van der Waals surface area contributed by atoms with Crippen LogP contribution in [0.5, 0.6) is 0 Å². The molecule has 6 nitrogen and oxygen atoms in total. The van der Waals surface area contributed by atoms with Gasteiger partial charge in [-0.25, -0.2) is 4.79 Å². The Labute approximate surface area is 113 Å². The molecule has 1 rings (SSSR count). The number of aliphatic hydroxyl groups is 1. The number of aromatic nitrogens is 1. The van der Waals surface area contributed by atoms with Crippen molar-refractivity contribution in [3.63, 3.8) is 0 Å². The van der Waals surface area contributed by atoms with Crippen LogP contribution in [-0.2, 0) is 16.0 Å². The van der Waals surface area contributed by atoms with Crippen LogP contribution in [-0.4, -0.2) is 61.5 Å². The number of hydrogen-bond acceptors (Lipinski definition) is 6. The van der Waals surface area contributed by atoms with Crippen molar-refractivity contribution < 1.29 is 19.4 Å². The molecule has 0 fully saturated rings. The van der Waals surface area contributed by atoms with Crippen LogP contribution >= 0.6 is 0 Å². The normalized spacial score (nSPS) is 12.5. The van der Waals surface area contributed by atoms with E-state index < -0.39 is 12.1 Å². The highest BCUT2D eigenvalue weighted by Crippen LogP contribution is 2.04. The number of methoxy groups -OCH3 is 2. The summed E-state index contributed by atoms with van der Waals surface area (Å²) in [5, 5.41) is 9.60. The van der Waals surface area contributed by atoms with Crippen molar-refractivity contribution >= 4 is 5.97 Å². The van der Waals surface area contributed by atoms with Gasteiger partial charge in [0.1, 0.15) is 0 Å². The Morgan fingerprint density at radius 2 is 2.21 bits per heavy atom. The molecule has 1 aromatic rings. The number of carbonyl (C=O) groups excluding carboxylic acids is 1. The van der Waals surface area contributed by atoms with Gasteiger partial charge < -0.3 is 14.6 Å². The summed E-state index contributed by atoms with van der Waals surface area (Å²) in [6.07, 6.45) is 0.963. The number of hydrogen-bond donors (Lipinski definition) is 1. The standard InChI is InChI=1S/C13H20N2O4/c1-15(8-12(16)9-18-2)7-11-5-4-10(6-14-11)13(17)19-3/h4-6,12,16H,7-9H2,1-3H3. The lowest BCUT2D eigenvalue weighted by Gasteiger charge is -2.19. The number of rotatable bonds is 7. The van der Waals surface area contributed by atoms with Gasteiger partial charge in [-0.05, 0) is 19.2 Å². The molecule has 106 valence electrons. The number of likely N-dealkylation sites (N-methyl/N-ethyl adjacent to an activating group) is 1. The third-order valence-corrected chi connectivity index (χ3v) is 2.56. The molecule has 1 atom stereocenters. The zero-order chi connectivity index (χ0) is 14.3. The first-order chi connectivity index (χ1) is 9.06. The summed E-state index contributed by atoms with van der Waals surface area (Å²) in [4.78, 5) is 17.4. The van der Waals surface area contributed by atoms with E-state index in [1.807, 2.05) is 11.9 Å². The SMILES string of the molecule is COCC(O)CN(C)Cc1ccc(C(=O)OC)cn1. The average molecular weight is 268 g/mol. The van der Waals surface area contributed by atoms with Crippen molar-refractivity contribution in [3.05, 3.63) is 29.6 Å². The molecule has 0 saturated heterocycles. The molecule has 0 spiro atoms. The van der Waals surface area contributed by atoms with Crippen LogP contribution in [0.2, 0.25) is 0 Å². The summed E-state index contributed by atoms with van der Waals surface area (Å²) in [5.74, 6) is -0.400. The molecule has 1 unspecified atom stereocenters. The summed E-state index contributed by atoms with van der Waals surface area (Å²) in [5.41, 5.74) is 1.24. The quantitative estimate of drug-likeness (QED) is 0.717. The average Bonchev–Trinajstić information content (AvgIpc) is 2.38. The van der Waals surface area contributed by atoms with Crippen molar-refractivity contribution in [2.75, 3.05) is 34.4 Å². The van der Waals surface area contributed by atoms with Gasteiger partial charge in [0, 0.05) is 26.4 Å². The van der Waals surface area contributed by atoms with E-state index in [1.165, 1.54) is 13.3 Å². The molecule has 0 aliphatic carbocycles. The van der Waals surface area contributed by atoms with Crippen LogP contribution < -0.4 is 0 Å². The molecule has 1 N–H and O–H groups in total. The maximum Gasteiger partial charge on any atom is 0.339 e. The zero-order valence-electron chi connectivity index (χ0n) is 11.5. The first kappa shape index (κ1) is 15.6. The van der Waals surface area contributed by atoms with Gasteiger partial charge in [0.2, 0.25) is 0 Å². The van der Waals surface area contributed by atoms with Crippen LogP contribution in [0, 0.1) is 0 Å². The van der Waals surface area contributed by atoms with Gasteiger partial charge in [-0.3, -0.25) is 9.88 Å². The van der Waals surface area contributed by atoms with Crippen LogP contribution in [0.3, 0.4) is 0 Å². The summed E-state index contributed by atoms with van der Waals surface area (Å²) in [6.45, 7) is 1.38. The highest BCUT2D eigenvalue weighted by molar-refractivity contribution is 5.88. The van der Waals surface area contributed by atoms with E-state index in [4.69, 9.17) is 4.74 Å². The Kier molecular flexibility index (Phi) is 6.41. The maximum atomic E-state index is 11.2. The fraction of sp³-hybridized carbons (Fsp3) is 0.538. The van der Waals surface area contributed by atoms with Crippen molar-refractivity contribution in [2.24, 2.45) is 0 Å². The van der Waals surface area contributed by atoms with E-state index >= 15 is 0 Å². The van der Waals surface area contributed by atoms with E-state index in [1.54, 1.807) is 19.2 Å². The Hall–Kier alpha value is -1.50. The van der Waals surface area contributed by atoms with Crippen molar-refractivity contribution in [2.45, 2.75) is 12.6 Å². The molecule has 19 heavy (non-hydrogen) atoms. The predicted molar refractivity (Wildman–Crippen MR) is 69.8 cm³/mol. The Balaban J connectivity index is 2.50. The van der Waals surface area contributed by atoms with Gasteiger partial charge in [0.25, 0.3) is 0 Å². The Bertz CT molecular complexity index is 394. The zero-order valence-corrected chi connectivity index (χ0v) is 11.5. The number of ether oxygens (including phenoxy) is 2. The minimum absolute atomic E-state index is 0.305. The number of carbonyl (C=O) groups is 1. The lowest BCUT2D eigenvalue weighted by molar-refractivity contribution is 0.0416. The van der Waals surface area contributed by atoms with Gasteiger partial charge in [0.15, 0.2) is 0 Å². The molecular formula is C13H20N2O4. The predicted octanol–water partition coefficient (Wildman–Crippen LogP) is 0.307. The highest BCUT2D eigenvalue weighted by Gasteiger charge is 2.10. The summed E-state index contributed by atoms with van der Waals surface area (Å²) in [6, 6.07) is 3.44. The fourth-order valence-corrected chi connectivity index (χ4v) is 1.70. The minimum Gasteiger partial charge on any atom is -0.465 e. The molecule has 0 saturated carbocycles. The number of nitrogens with zero attached hydrogens (tertiary/aromatic N) is 2. The van der Waals surface area contributed by atoms with Crippen LogP contribution in [0.4, 0.5) is 0 Å². The molecule has 1 aromatic heterocycles. The lowest BCUT2D eigenvalue weighted by atomic mass is 10.2. The molecule has 0 aliphatic heterocycles. The van der Waals surface area contributed by atoms with Crippen molar-refractivity contribution in [1.82, 2.24) is 9.88 Å². The lowest BCUT2D eigenvalue weighted by Crippen LogP contribution is -2.31. The molecule has 0 amide bonds. The second-order valence-electron chi connectivity index (χ2n) is 4.34. The largest absolute Gasteiger partial charge is 0.465 e. The van der Waals surface area contributed by atoms with Gasteiger partial charge in [-0.1, -0.05) is 0 Å². The van der Waals surface area contributed by atoms with E-state index in [0.717, 1.165) is 5.69 Å². The minimum atomic E-state index is -0.524. The van der Waals surface area contributed by atoms with Crippen molar-refractivity contribution in [3.8, 4) is 0 Å². The van der Waals surface area contributed by atoms with E-state index in [9.17, 15) is 9.90 Å². The molecular weight excluding hydrogens is 248 g/mol. The molecule has 1 heterocycles. The van der Waals surface area contributed by atoms with Crippen LogP contribution in [0.25, 0.3) is 0 Å². The van der Waals surface area contributed by atoms with Gasteiger partial charge >= 0.3 is 5.97 Å². The summed E-state index contributed by atoms with van der Waals surface area (Å²) >= 11 is 0. The first-order valence-corrected chi connectivity index (χ1v) is 5.95. The van der Waals surface area contributed by atoms with E-state index in [-0.39, 0.29) is 0 Å². The van der Waals surface area contributed by atoms with Crippen LogP contribution in [0.15, 0.2) is 18.3 Å². The monoisotopic (exact) mass is 268 g/mol. The van der Waals surface area contributed by atoms with Gasteiger partial charge in [-0.15, -0.1) is 0 Å².